The molecule has 0 atom stereocenters. The van der Waals surface area contributed by atoms with Gasteiger partial charge >= 0.3 is 0 Å². The van der Waals surface area contributed by atoms with Gasteiger partial charge in [-0.2, -0.15) is 0 Å². The summed E-state index contributed by atoms with van der Waals surface area (Å²) in [5.41, 5.74) is 0.947. The first-order chi connectivity index (χ1) is 13.0. The molecule has 2 aromatic heterocycles. The molecule has 0 spiro atoms. The lowest BCUT2D eigenvalue weighted by atomic mass is 10.2. The zero-order chi connectivity index (χ0) is 19.2. The normalized spacial score (nSPS) is 10.9. The van der Waals surface area contributed by atoms with Crippen LogP contribution in [0.15, 0.2) is 46.0 Å². The largest absolute Gasteiger partial charge is 0.459 e. The molecular formula is C19H21ClN4O2S. The Bertz CT molecular complexity index is 891. The quantitative estimate of drug-likeness (QED) is 0.562. The number of H-pyrrole nitrogens is 1. The van der Waals surface area contributed by atoms with Gasteiger partial charge in [0, 0.05) is 24.1 Å². The van der Waals surface area contributed by atoms with Crippen LogP contribution in [-0.4, -0.2) is 38.8 Å². The van der Waals surface area contributed by atoms with Crippen molar-refractivity contribution in [1.82, 2.24) is 20.1 Å². The van der Waals surface area contributed by atoms with Crippen LogP contribution in [0.2, 0.25) is 5.02 Å². The van der Waals surface area contributed by atoms with Gasteiger partial charge in [0.05, 0.1) is 12.3 Å². The maximum absolute atomic E-state index is 12.4. The maximum Gasteiger partial charge on any atom is 0.233 e. The van der Waals surface area contributed by atoms with E-state index in [0.717, 1.165) is 35.7 Å². The molecule has 0 bridgehead atoms. The number of carbonyl (C=O) groups is 1. The van der Waals surface area contributed by atoms with Gasteiger partial charge in [-0.15, -0.1) is 5.10 Å². The van der Waals surface area contributed by atoms with Crippen LogP contribution in [0.1, 0.15) is 24.9 Å². The molecule has 8 heteroatoms. The van der Waals surface area contributed by atoms with E-state index in [4.69, 9.17) is 16.0 Å². The Balaban J connectivity index is 1.52. The first kappa shape index (κ1) is 19.5. The van der Waals surface area contributed by atoms with Crippen molar-refractivity contribution in [2.24, 2.45) is 0 Å². The molecule has 0 aliphatic carbocycles. The molecule has 3 rings (SSSR count). The van der Waals surface area contributed by atoms with Gasteiger partial charge in [0.15, 0.2) is 0 Å². The second-order valence-electron chi connectivity index (χ2n) is 6.13. The van der Waals surface area contributed by atoms with Crippen molar-refractivity contribution in [3.63, 3.8) is 0 Å². The Hall–Kier alpha value is -2.25. The summed E-state index contributed by atoms with van der Waals surface area (Å²) < 4.78 is 5.85. The Kier molecular flexibility index (Phi) is 6.58. The van der Waals surface area contributed by atoms with Gasteiger partial charge in [-0.05, 0) is 42.8 Å². The van der Waals surface area contributed by atoms with Crippen LogP contribution >= 0.6 is 23.4 Å². The van der Waals surface area contributed by atoms with E-state index in [2.05, 4.69) is 22.1 Å². The zero-order valence-electron chi connectivity index (χ0n) is 15.2. The molecule has 27 heavy (non-hydrogen) atoms. The summed E-state index contributed by atoms with van der Waals surface area (Å²) in [5, 5.41) is 8.29. The van der Waals surface area contributed by atoms with E-state index in [1.54, 1.807) is 11.9 Å². The summed E-state index contributed by atoms with van der Waals surface area (Å²) in [4.78, 5) is 18.3. The average Bonchev–Trinajstić information content (AvgIpc) is 3.30. The van der Waals surface area contributed by atoms with Crippen LogP contribution in [-0.2, 0) is 17.8 Å². The highest BCUT2D eigenvalue weighted by Crippen LogP contribution is 2.24. The fraction of sp³-hybridized carbons (Fsp3) is 0.316. The Labute approximate surface area is 167 Å². The number of amides is 1. The lowest BCUT2D eigenvalue weighted by molar-refractivity contribution is -0.127. The topological polar surface area (TPSA) is 75.0 Å². The summed E-state index contributed by atoms with van der Waals surface area (Å²) in [6.45, 7) is 2.49. The Morgan fingerprint density at radius 1 is 1.26 bits per heavy atom. The number of thioether (sulfide) groups is 1. The van der Waals surface area contributed by atoms with Crippen molar-refractivity contribution in [1.29, 1.82) is 0 Å². The van der Waals surface area contributed by atoms with E-state index < -0.39 is 0 Å². The number of aromatic amines is 1. The number of halogens is 1. The Morgan fingerprint density at radius 2 is 2.04 bits per heavy atom. The van der Waals surface area contributed by atoms with Crippen LogP contribution in [0.3, 0.4) is 0 Å². The highest BCUT2D eigenvalue weighted by molar-refractivity contribution is 7.99. The van der Waals surface area contributed by atoms with Crippen molar-refractivity contribution in [2.75, 3.05) is 12.8 Å². The molecular weight excluding hydrogens is 384 g/mol. The Morgan fingerprint density at radius 3 is 2.78 bits per heavy atom. The van der Waals surface area contributed by atoms with Gasteiger partial charge in [-0.1, -0.05) is 30.3 Å². The van der Waals surface area contributed by atoms with Crippen LogP contribution < -0.4 is 0 Å². The molecule has 0 aliphatic heterocycles. The van der Waals surface area contributed by atoms with E-state index >= 15 is 0 Å². The van der Waals surface area contributed by atoms with Crippen LogP contribution in [0, 0.1) is 0 Å². The third-order valence-electron chi connectivity index (χ3n) is 3.93. The number of furan rings is 1. The smallest absolute Gasteiger partial charge is 0.233 e. The van der Waals surface area contributed by atoms with Crippen molar-refractivity contribution < 1.29 is 9.21 Å². The molecule has 2 heterocycles. The molecule has 1 N–H and O–H groups in total. The van der Waals surface area contributed by atoms with E-state index in [-0.39, 0.29) is 11.7 Å². The minimum atomic E-state index is -0.00807. The number of aryl methyl sites for hydroxylation is 1. The second-order valence-corrected chi connectivity index (χ2v) is 7.50. The molecule has 1 aromatic carbocycles. The molecule has 0 radical (unpaired) electrons. The number of hydrogen-bond donors (Lipinski definition) is 1. The van der Waals surface area contributed by atoms with Gasteiger partial charge < -0.3 is 9.32 Å². The highest BCUT2D eigenvalue weighted by atomic mass is 35.5. The molecule has 0 saturated heterocycles. The number of nitrogens with one attached hydrogen (secondary N) is 1. The van der Waals surface area contributed by atoms with Gasteiger partial charge in [-0.25, -0.2) is 4.98 Å². The first-order valence-electron chi connectivity index (χ1n) is 8.68. The average molecular weight is 405 g/mol. The van der Waals surface area contributed by atoms with Crippen LogP contribution in [0.25, 0.3) is 11.3 Å². The minimum absolute atomic E-state index is 0.00807. The second kappa shape index (κ2) is 9.10. The van der Waals surface area contributed by atoms with Gasteiger partial charge in [0.25, 0.3) is 0 Å². The molecule has 1 amide bonds. The third-order valence-corrected chi connectivity index (χ3v) is 5.02. The molecule has 0 fully saturated rings. The molecule has 6 nitrogen and oxygen atoms in total. The molecule has 142 valence electrons. The van der Waals surface area contributed by atoms with Gasteiger partial charge in [-0.3, -0.25) is 9.89 Å². The maximum atomic E-state index is 12.4. The first-order valence-corrected chi connectivity index (χ1v) is 10.0. The number of hydrogen-bond acceptors (Lipinski definition) is 5. The number of aromatic nitrogens is 3. The molecule has 0 saturated carbocycles. The number of nitrogens with zero attached hydrogens (tertiary/aromatic N) is 3. The van der Waals surface area contributed by atoms with E-state index in [9.17, 15) is 4.79 Å². The van der Waals surface area contributed by atoms with Crippen molar-refractivity contribution >= 4 is 29.3 Å². The monoisotopic (exact) mass is 404 g/mol. The van der Waals surface area contributed by atoms with E-state index in [1.807, 2.05) is 36.4 Å². The standard InChI is InChI=1S/C19H21ClN4O2S/c1-3-4-17-21-19(23-22-17)27-12-18(25)24(2)11-15-9-10-16(26-15)13-5-7-14(20)8-6-13/h5-10H,3-4,11-12H2,1-2H3,(H,21,22,23). The fourth-order valence-electron chi connectivity index (χ4n) is 2.48. The van der Waals surface area contributed by atoms with E-state index in [0.29, 0.717) is 16.7 Å². The summed E-state index contributed by atoms with van der Waals surface area (Å²) in [7, 11) is 1.76. The number of carbonyl (C=O) groups excluding carboxylic acids is 1. The van der Waals surface area contributed by atoms with Crippen molar-refractivity contribution in [2.45, 2.75) is 31.5 Å². The zero-order valence-corrected chi connectivity index (χ0v) is 16.8. The third kappa shape index (κ3) is 5.37. The summed E-state index contributed by atoms with van der Waals surface area (Å²) in [6, 6.07) is 11.2. The summed E-state index contributed by atoms with van der Waals surface area (Å²) in [6.07, 6.45) is 1.86. The van der Waals surface area contributed by atoms with Crippen molar-refractivity contribution in [3.8, 4) is 11.3 Å². The fourth-order valence-corrected chi connectivity index (χ4v) is 3.37. The summed E-state index contributed by atoms with van der Waals surface area (Å²) >= 11 is 7.24. The lowest BCUT2D eigenvalue weighted by Gasteiger charge is -2.14. The minimum Gasteiger partial charge on any atom is -0.459 e. The highest BCUT2D eigenvalue weighted by Gasteiger charge is 2.14. The van der Waals surface area contributed by atoms with Crippen molar-refractivity contribution in [3.05, 3.63) is 53.0 Å². The summed E-state index contributed by atoms with van der Waals surface area (Å²) in [5.74, 6) is 2.60. The number of benzene rings is 1. The SMILES string of the molecule is CCCc1nc(SCC(=O)N(C)Cc2ccc(-c3ccc(Cl)cc3)o2)n[nH]1. The van der Waals surface area contributed by atoms with Gasteiger partial charge in [0.1, 0.15) is 17.3 Å². The molecule has 0 unspecified atom stereocenters. The molecule has 0 aliphatic rings. The van der Waals surface area contributed by atoms with E-state index in [1.165, 1.54) is 11.8 Å². The van der Waals surface area contributed by atoms with Gasteiger partial charge in [0.2, 0.25) is 11.1 Å². The predicted octanol–water partition coefficient (Wildman–Crippen LogP) is 4.42. The van der Waals surface area contributed by atoms with Crippen LogP contribution in [0.5, 0.6) is 0 Å². The predicted molar refractivity (Wildman–Crippen MR) is 107 cm³/mol. The van der Waals surface area contributed by atoms with Crippen LogP contribution in [0.4, 0.5) is 0 Å². The number of rotatable bonds is 8. The molecule has 3 aromatic rings. The lowest BCUT2D eigenvalue weighted by Crippen LogP contribution is -2.27.